The number of rotatable bonds is 19. The fourth-order valence-electron chi connectivity index (χ4n) is 3.75. The topological polar surface area (TPSA) is 90.4 Å². The second-order valence-corrected chi connectivity index (χ2v) is 8.52. The Labute approximate surface area is 219 Å². The Morgan fingerprint density at radius 1 is 0.568 bits per heavy atom. The Morgan fingerprint density at radius 3 is 1.41 bits per heavy atom. The normalized spacial score (nSPS) is 11.5. The van der Waals surface area contributed by atoms with Crippen LogP contribution >= 0.6 is 0 Å². The van der Waals surface area contributed by atoms with E-state index in [1.165, 1.54) is 0 Å². The highest BCUT2D eigenvalue weighted by atomic mass is 16.6. The molecule has 2 heterocycles. The zero-order valence-corrected chi connectivity index (χ0v) is 22.5. The third-order valence-corrected chi connectivity index (χ3v) is 5.43. The Morgan fingerprint density at radius 2 is 0.973 bits per heavy atom. The zero-order valence-electron chi connectivity index (χ0n) is 22.5. The third-order valence-electron chi connectivity index (χ3n) is 5.43. The SMILES string of the molecule is CCCOCCOCCOc1cc(C)nc2c1ccc1c(OCCOCCOCCOC)cc(C)nc12. The highest BCUT2D eigenvalue weighted by Crippen LogP contribution is 2.34. The van der Waals surface area contributed by atoms with Gasteiger partial charge in [0.25, 0.3) is 0 Å². The van der Waals surface area contributed by atoms with E-state index in [0.29, 0.717) is 66.1 Å². The average molecular weight is 517 g/mol. The Balaban J connectivity index is 1.62. The summed E-state index contributed by atoms with van der Waals surface area (Å²) in [5.41, 5.74) is 3.29. The van der Waals surface area contributed by atoms with E-state index in [4.69, 9.17) is 43.1 Å². The molecule has 2 aromatic heterocycles. The van der Waals surface area contributed by atoms with Crippen LogP contribution in [0.1, 0.15) is 24.7 Å². The summed E-state index contributed by atoms with van der Waals surface area (Å²) >= 11 is 0. The van der Waals surface area contributed by atoms with E-state index in [0.717, 1.165) is 57.7 Å². The van der Waals surface area contributed by atoms with Gasteiger partial charge >= 0.3 is 0 Å². The van der Waals surface area contributed by atoms with Crippen LogP contribution in [-0.2, 0) is 23.7 Å². The summed E-state index contributed by atoms with van der Waals surface area (Å²) in [5, 5.41) is 1.81. The number of hydrogen-bond donors (Lipinski definition) is 0. The van der Waals surface area contributed by atoms with Crippen molar-refractivity contribution >= 4 is 21.8 Å². The van der Waals surface area contributed by atoms with E-state index in [-0.39, 0.29) is 0 Å². The summed E-state index contributed by atoms with van der Waals surface area (Å²) in [6, 6.07) is 7.91. The highest BCUT2D eigenvalue weighted by molar-refractivity contribution is 6.07. The minimum atomic E-state index is 0.424. The first kappa shape index (κ1) is 29.0. The molecule has 0 atom stereocenters. The van der Waals surface area contributed by atoms with Gasteiger partial charge in [0.15, 0.2) is 0 Å². The lowest BCUT2D eigenvalue weighted by atomic mass is 10.1. The summed E-state index contributed by atoms with van der Waals surface area (Å²) in [4.78, 5) is 9.58. The van der Waals surface area contributed by atoms with Crippen LogP contribution in [-0.4, -0.2) is 89.8 Å². The van der Waals surface area contributed by atoms with Gasteiger partial charge in [0.05, 0.1) is 52.9 Å². The van der Waals surface area contributed by atoms with Gasteiger partial charge in [0.1, 0.15) is 35.7 Å². The van der Waals surface area contributed by atoms with Crippen molar-refractivity contribution in [3.63, 3.8) is 0 Å². The van der Waals surface area contributed by atoms with Gasteiger partial charge in [-0.1, -0.05) is 6.92 Å². The smallest absolute Gasteiger partial charge is 0.130 e. The van der Waals surface area contributed by atoms with Crippen LogP contribution in [0.2, 0.25) is 0 Å². The molecule has 0 aliphatic heterocycles. The van der Waals surface area contributed by atoms with Crippen molar-refractivity contribution < 1.29 is 33.2 Å². The minimum Gasteiger partial charge on any atom is -0.490 e. The first-order chi connectivity index (χ1) is 18.1. The van der Waals surface area contributed by atoms with Gasteiger partial charge in [-0.25, -0.2) is 0 Å². The highest BCUT2D eigenvalue weighted by Gasteiger charge is 2.14. The van der Waals surface area contributed by atoms with E-state index >= 15 is 0 Å². The number of benzene rings is 1. The number of nitrogens with zero attached hydrogens (tertiary/aromatic N) is 2. The van der Waals surface area contributed by atoms with E-state index in [2.05, 4.69) is 6.92 Å². The summed E-state index contributed by atoms with van der Waals surface area (Å²) < 4.78 is 39.1. The van der Waals surface area contributed by atoms with Crippen molar-refractivity contribution in [1.82, 2.24) is 9.97 Å². The first-order valence-electron chi connectivity index (χ1n) is 12.9. The predicted octanol–water partition coefficient (Wildman–Crippen LogP) is 4.28. The van der Waals surface area contributed by atoms with E-state index in [9.17, 15) is 0 Å². The molecule has 0 spiro atoms. The minimum absolute atomic E-state index is 0.424. The lowest BCUT2D eigenvalue weighted by Crippen LogP contribution is -2.12. The maximum Gasteiger partial charge on any atom is 0.130 e. The molecule has 0 aliphatic rings. The third kappa shape index (κ3) is 9.36. The van der Waals surface area contributed by atoms with E-state index in [1.54, 1.807) is 7.11 Å². The molecule has 0 amide bonds. The molecule has 0 saturated carbocycles. The number of hydrogen-bond acceptors (Lipinski definition) is 9. The van der Waals surface area contributed by atoms with Crippen LogP contribution in [0.25, 0.3) is 21.8 Å². The van der Waals surface area contributed by atoms with Crippen LogP contribution in [0, 0.1) is 13.8 Å². The number of pyridine rings is 2. The summed E-state index contributed by atoms with van der Waals surface area (Å²) in [7, 11) is 1.65. The number of methoxy groups -OCH3 is 1. The van der Waals surface area contributed by atoms with Gasteiger partial charge in [0, 0.05) is 48.0 Å². The molecule has 0 N–H and O–H groups in total. The van der Waals surface area contributed by atoms with Gasteiger partial charge in [-0.3, -0.25) is 9.97 Å². The molecule has 1 aromatic carbocycles. The molecule has 0 fully saturated rings. The van der Waals surface area contributed by atoms with Crippen LogP contribution in [0.15, 0.2) is 24.3 Å². The van der Waals surface area contributed by atoms with Crippen molar-refractivity contribution in [1.29, 1.82) is 0 Å². The summed E-state index contributed by atoms with van der Waals surface area (Å²) in [5.74, 6) is 1.52. The molecule has 0 saturated heterocycles. The number of aromatic nitrogens is 2. The van der Waals surface area contributed by atoms with Crippen molar-refractivity contribution in [2.45, 2.75) is 27.2 Å². The molecular formula is C28H40N2O7. The fraction of sp³-hybridized carbons (Fsp3) is 0.571. The molecule has 0 radical (unpaired) electrons. The quantitative estimate of drug-likeness (QED) is 0.171. The maximum absolute atomic E-state index is 6.07. The lowest BCUT2D eigenvalue weighted by Gasteiger charge is -2.14. The van der Waals surface area contributed by atoms with Crippen molar-refractivity contribution in [3.05, 3.63) is 35.7 Å². The van der Waals surface area contributed by atoms with Crippen molar-refractivity contribution in [2.75, 3.05) is 79.8 Å². The van der Waals surface area contributed by atoms with Crippen molar-refractivity contribution in [3.8, 4) is 11.5 Å². The van der Waals surface area contributed by atoms with Gasteiger partial charge in [-0.05, 0) is 32.4 Å². The second kappa shape index (κ2) is 16.3. The van der Waals surface area contributed by atoms with Gasteiger partial charge in [-0.15, -0.1) is 0 Å². The lowest BCUT2D eigenvalue weighted by molar-refractivity contribution is 0.0180. The fourth-order valence-corrected chi connectivity index (χ4v) is 3.75. The number of aryl methyl sites for hydroxylation is 2. The monoisotopic (exact) mass is 516 g/mol. The molecule has 9 nitrogen and oxygen atoms in total. The molecule has 0 bridgehead atoms. The van der Waals surface area contributed by atoms with E-state index < -0.39 is 0 Å². The largest absolute Gasteiger partial charge is 0.490 e. The Bertz CT molecular complexity index is 1090. The zero-order chi connectivity index (χ0) is 26.3. The number of ether oxygens (including phenoxy) is 7. The average Bonchev–Trinajstić information content (AvgIpc) is 2.89. The van der Waals surface area contributed by atoms with Crippen LogP contribution in [0.3, 0.4) is 0 Å². The molecule has 0 unspecified atom stereocenters. The number of fused-ring (bicyclic) bond motifs is 3. The molecule has 3 aromatic rings. The van der Waals surface area contributed by atoms with Crippen LogP contribution in [0.4, 0.5) is 0 Å². The van der Waals surface area contributed by atoms with Crippen LogP contribution < -0.4 is 9.47 Å². The summed E-state index contributed by atoms with van der Waals surface area (Å²) in [6.07, 6.45) is 1.01. The molecule has 204 valence electrons. The molecule has 37 heavy (non-hydrogen) atoms. The van der Waals surface area contributed by atoms with Gasteiger partial charge in [0.2, 0.25) is 0 Å². The molecule has 0 aliphatic carbocycles. The molecular weight excluding hydrogens is 476 g/mol. The second-order valence-electron chi connectivity index (χ2n) is 8.52. The summed E-state index contributed by atoms with van der Waals surface area (Å²) in [6.45, 7) is 11.9. The van der Waals surface area contributed by atoms with Crippen LogP contribution in [0.5, 0.6) is 11.5 Å². The van der Waals surface area contributed by atoms with Gasteiger partial charge < -0.3 is 33.2 Å². The van der Waals surface area contributed by atoms with Gasteiger partial charge in [-0.2, -0.15) is 0 Å². The molecule has 3 rings (SSSR count). The predicted molar refractivity (Wildman–Crippen MR) is 143 cm³/mol. The maximum atomic E-state index is 6.07. The standard InChI is InChI=1S/C28H40N2O7/c1-5-8-32-11-12-34-15-17-36-25-19-21(2)29-27-23(25)6-7-24-26(20-22(3)30-28(24)27)37-18-16-35-14-13-33-10-9-31-4/h6-7,19-20H,5,8-18H2,1-4H3. The van der Waals surface area contributed by atoms with E-state index in [1.807, 2.05) is 38.1 Å². The Kier molecular flexibility index (Phi) is 12.8. The van der Waals surface area contributed by atoms with Crippen molar-refractivity contribution in [2.24, 2.45) is 0 Å². The first-order valence-corrected chi connectivity index (χ1v) is 12.9. The Hall–Kier alpha value is -2.56. The molecule has 9 heteroatoms.